The minimum Gasteiger partial charge on any atom is -0.494 e. The van der Waals surface area contributed by atoms with Gasteiger partial charge in [0.15, 0.2) is 0 Å². The van der Waals surface area contributed by atoms with E-state index in [1.54, 1.807) is 0 Å². The van der Waals surface area contributed by atoms with Crippen LogP contribution in [0.25, 0.3) is 11.3 Å². The Labute approximate surface area is 133 Å². The second kappa shape index (κ2) is 9.26. The first kappa shape index (κ1) is 16.6. The maximum Gasteiger partial charge on any atom is 0.119 e. The van der Waals surface area contributed by atoms with Crippen molar-refractivity contribution < 1.29 is 4.74 Å². The SMILES string of the molecule is CCCCCCCCOc1ccc(-c2cc(CN)[nH]n2)cc1. The Morgan fingerprint density at radius 1 is 1.05 bits per heavy atom. The van der Waals surface area contributed by atoms with Crippen LogP contribution in [0.1, 0.15) is 51.1 Å². The number of nitrogens with one attached hydrogen (secondary N) is 1. The van der Waals surface area contributed by atoms with Gasteiger partial charge in [-0.05, 0) is 36.8 Å². The fourth-order valence-corrected chi connectivity index (χ4v) is 2.41. The van der Waals surface area contributed by atoms with Gasteiger partial charge in [-0.25, -0.2) is 0 Å². The van der Waals surface area contributed by atoms with E-state index in [-0.39, 0.29) is 0 Å². The number of aromatic nitrogens is 2. The Morgan fingerprint density at radius 3 is 2.45 bits per heavy atom. The Bertz CT molecular complexity index is 534. The third kappa shape index (κ3) is 5.19. The van der Waals surface area contributed by atoms with E-state index in [0.29, 0.717) is 6.54 Å². The molecule has 0 amide bonds. The van der Waals surface area contributed by atoms with E-state index in [4.69, 9.17) is 10.5 Å². The average molecular weight is 301 g/mol. The summed E-state index contributed by atoms with van der Waals surface area (Å²) in [6, 6.07) is 10.1. The number of ether oxygens (including phenoxy) is 1. The van der Waals surface area contributed by atoms with Crippen molar-refractivity contribution in [2.75, 3.05) is 6.61 Å². The van der Waals surface area contributed by atoms with Gasteiger partial charge in [0.25, 0.3) is 0 Å². The summed E-state index contributed by atoms with van der Waals surface area (Å²) in [7, 11) is 0. The maximum absolute atomic E-state index is 5.78. The molecule has 0 saturated heterocycles. The van der Waals surface area contributed by atoms with Crippen LogP contribution in [0.5, 0.6) is 5.75 Å². The molecule has 0 aliphatic heterocycles. The van der Waals surface area contributed by atoms with Gasteiger partial charge in [-0.2, -0.15) is 5.10 Å². The van der Waals surface area contributed by atoms with Crippen LogP contribution in [0, 0.1) is 0 Å². The molecule has 0 aliphatic carbocycles. The number of nitrogens with zero attached hydrogens (tertiary/aromatic N) is 1. The van der Waals surface area contributed by atoms with E-state index in [1.165, 1.54) is 32.1 Å². The van der Waals surface area contributed by atoms with Crippen LogP contribution in [0.3, 0.4) is 0 Å². The zero-order valence-electron chi connectivity index (χ0n) is 13.5. The van der Waals surface area contributed by atoms with Gasteiger partial charge in [0.1, 0.15) is 5.75 Å². The summed E-state index contributed by atoms with van der Waals surface area (Å²) in [5.74, 6) is 0.923. The molecule has 2 rings (SSSR count). The highest BCUT2D eigenvalue weighted by atomic mass is 16.5. The van der Waals surface area contributed by atoms with Gasteiger partial charge < -0.3 is 10.5 Å². The van der Waals surface area contributed by atoms with Crippen molar-refractivity contribution in [2.45, 2.75) is 52.0 Å². The van der Waals surface area contributed by atoms with Gasteiger partial charge in [0.05, 0.1) is 12.3 Å². The molecule has 1 heterocycles. The van der Waals surface area contributed by atoms with Crippen LogP contribution in [0.4, 0.5) is 0 Å². The van der Waals surface area contributed by atoms with Crippen LogP contribution in [0.15, 0.2) is 30.3 Å². The minimum absolute atomic E-state index is 0.479. The molecule has 1 aromatic heterocycles. The van der Waals surface area contributed by atoms with Crippen LogP contribution in [-0.2, 0) is 6.54 Å². The Balaban J connectivity index is 1.72. The molecule has 0 saturated carbocycles. The average Bonchev–Trinajstić information content (AvgIpc) is 3.04. The van der Waals surface area contributed by atoms with Crippen molar-refractivity contribution in [2.24, 2.45) is 5.73 Å². The monoisotopic (exact) mass is 301 g/mol. The van der Waals surface area contributed by atoms with Crippen LogP contribution in [0.2, 0.25) is 0 Å². The van der Waals surface area contributed by atoms with E-state index in [1.807, 2.05) is 30.3 Å². The Kier molecular flexibility index (Phi) is 6.97. The highest BCUT2D eigenvalue weighted by Gasteiger charge is 2.03. The van der Waals surface area contributed by atoms with Gasteiger partial charge in [0.2, 0.25) is 0 Å². The van der Waals surface area contributed by atoms with Gasteiger partial charge in [-0.1, -0.05) is 39.0 Å². The molecule has 22 heavy (non-hydrogen) atoms. The van der Waals surface area contributed by atoms with Gasteiger partial charge >= 0.3 is 0 Å². The summed E-state index contributed by atoms with van der Waals surface area (Å²) in [4.78, 5) is 0. The number of aromatic amines is 1. The lowest BCUT2D eigenvalue weighted by molar-refractivity contribution is 0.304. The summed E-state index contributed by atoms with van der Waals surface area (Å²) in [6.45, 7) is 3.52. The largest absolute Gasteiger partial charge is 0.494 e. The molecule has 0 aliphatic rings. The molecule has 4 nitrogen and oxygen atoms in total. The molecule has 4 heteroatoms. The van der Waals surface area contributed by atoms with Crippen molar-refractivity contribution in [3.63, 3.8) is 0 Å². The quantitative estimate of drug-likeness (QED) is 0.644. The van der Waals surface area contributed by atoms with Crippen LogP contribution in [-0.4, -0.2) is 16.8 Å². The van der Waals surface area contributed by atoms with Crippen molar-refractivity contribution in [1.29, 1.82) is 0 Å². The first-order chi connectivity index (χ1) is 10.8. The molecular weight excluding hydrogens is 274 g/mol. The van der Waals surface area contributed by atoms with Gasteiger partial charge in [-0.15, -0.1) is 0 Å². The van der Waals surface area contributed by atoms with Gasteiger partial charge in [0, 0.05) is 17.8 Å². The maximum atomic E-state index is 5.78. The smallest absolute Gasteiger partial charge is 0.119 e. The first-order valence-corrected chi connectivity index (χ1v) is 8.31. The van der Waals surface area contributed by atoms with E-state index < -0.39 is 0 Å². The zero-order chi connectivity index (χ0) is 15.6. The van der Waals surface area contributed by atoms with Crippen molar-refractivity contribution in [1.82, 2.24) is 10.2 Å². The number of benzene rings is 1. The fraction of sp³-hybridized carbons (Fsp3) is 0.500. The normalized spacial score (nSPS) is 10.8. The molecule has 1 aromatic carbocycles. The number of hydrogen-bond donors (Lipinski definition) is 2. The lowest BCUT2D eigenvalue weighted by Gasteiger charge is -2.06. The van der Waals surface area contributed by atoms with E-state index >= 15 is 0 Å². The van der Waals surface area contributed by atoms with Crippen LogP contribution < -0.4 is 10.5 Å². The summed E-state index contributed by atoms with van der Waals surface area (Å²) in [6.07, 6.45) is 7.70. The molecule has 0 atom stereocenters. The molecule has 0 spiro atoms. The molecule has 3 N–H and O–H groups in total. The third-order valence-electron chi connectivity index (χ3n) is 3.77. The van der Waals surface area contributed by atoms with Crippen molar-refractivity contribution >= 4 is 0 Å². The predicted molar refractivity (Wildman–Crippen MR) is 90.8 cm³/mol. The Morgan fingerprint density at radius 2 is 1.77 bits per heavy atom. The topological polar surface area (TPSA) is 63.9 Å². The van der Waals surface area contributed by atoms with E-state index in [2.05, 4.69) is 17.1 Å². The van der Waals surface area contributed by atoms with Crippen LogP contribution >= 0.6 is 0 Å². The van der Waals surface area contributed by atoms with Gasteiger partial charge in [-0.3, -0.25) is 5.10 Å². The highest BCUT2D eigenvalue weighted by molar-refractivity contribution is 5.60. The zero-order valence-corrected chi connectivity index (χ0v) is 13.5. The number of H-pyrrole nitrogens is 1. The molecule has 0 radical (unpaired) electrons. The fourth-order valence-electron chi connectivity index (χ4n) is 2.41. The molecule has 2 aromatic rings. The van der Waals surface area contributed by atoms with Crippen molar-refractivity contribution in [3.8, 4) is 17.0 Å². The number of hydrogen-bond acceptors (Lipinski definition) is 3. The Hall–Kier alpha value is -1.81. The number of nitrogens with two attached hydrogens (primary N) is 1. The number of rotatable bonds is 10. The van der Waals surface area contributed by atoms with Crippen molar-refractivity contribution in [3.05, 3.63) is 36.0 Å². The second-order valence-corrected chi connectivity index (χ2v) is 5.62. The minimum atomic E-state index is 0.479. The first-order valence-electron chi connectivity index (χ1n) is 8.31. The van der Waals surface area contributed by atoms with E-state index in [9.17, 15) is 0 Å². The predicted octanol–water partition coefficient (Wildman–Crippen LogP) is 4.27. The summed E-state index contributed by atoms with van der Waals surface area (Å²) in [5.41, 5.74) is 8.51. The molecule has 0 fully saturated rings. The standard InChI is InChI=1S/C18H27N3O/c1-2-3-4-5-6-7-12-22-17-10-8-15(9-11-17)18-13-16(14-19)20-21-18/h8-11,13H,2-7,12,14,19H2,1H3,(H,20,21). The summed E-state index contributed by atoms with van der Waals surface area (Å²) < 4.78 is 5.78. The number of unbranched alkanes of at least 4 members (excludes halogenated alkanes) is 5. The summed E-state index contributed by atoms with van der Waals surface area (Å²) in [5, 5.41) is 7.18. The highest BCUT2D eigenvalue weighted by Crippen LogP contribution is 2.21. The third-order valence-corrected chi connectivity index (χ3v) is 3.77. The molecule has 0 bridgehead atoms. The summed E-state index contributed by atoms with van der Waals surface area (Å²) >= 11 is 0. The lowest BCUT2D eigenvalue weighted by atomic mass is 10.1. The van der Waals surface area contributed by atoms with E-state index in [0.717, 1.165) is 35.7 Å². The molecular formula is C18H27N3O. The molecule has 120 valence electrons. The molecule has 0 unspecified atom stereocenters. The lowest BCUT2D eigenvalue weighted by Crippen LogP contribution is -1.97. The second-order valence-electron chi connectivity index (χ2n) is 5.62.